The maximum atomic E-state index is 11.9. The number of thiazole rings is 1. The van der Waals surface area contributed by atoms with E-state index in [2.05, 4.69) is 20.4 Å². The number of benzene rings is 1. The van der Waals surface area contributed by atoms with Crippen LogP contribution in [0.15, 0.2) is 23.6 Å². The third-order valence-corrected chi connectivity index (χ3v) is 4.35. The lowest BCUT2D eigenvalue weighted by molar-refractivity contribution is -0.137. The van der Waals surface area contributed by atoms with Crippen molar-refractivity contribution in [3.8, 4) is 0 Å². The molecular formula is C15H13Cl2N3O4S. The van der Waals surface area contributed by atoms with Gasteiger partial charge in [-0.05, 0) is 24.6 Å². The molecule has 0 aliphatic rings. The van der Waals surface area contributed by atoms with Gasteiger partial charge in [-0.1, -0.05) is 29.3 Å². The van der Waals surface area contributed by atoms with E-state index in [-0.39, 0.29) is 24.0 Å². The monoisotopic (exact) mass is 401 g/mol. The molecule has 0 radical (unpaired) electrons. The van der Waals surface area contributed by atoms with Crippen LogP contribution in [0.5, 0.6) is 0 Å². The molecule has 132 valence electrons. The molecule has 0 bridgehead atoms. The molecule has 1 aromatic heterocycles. The smallest absolute Gasteiger partial charge is 0.381 e. The van der Waals surface area contributed by atoms with Crippen LogP contribution in [-0.4, -0.2) is 29.4 Å². The number of hydrogen-bond donors (Lipinski definition) is 2. The van der Waals surface area contributed by atoms with E-state index in [1.807, 2.05) is 0 Å². The molecule has 2 amide bonds. The Morgan fingerprint density at radius 2 is 2.00 bits per heavy atom. The number of esters is 1. The van der Waals surface area contributed by atoms with E-state index in [9.17, 15) is 14.4 Å². The van der Waals surface area contributed by atoms with E-state index in [4.69, 9.17) is 23.2 Å². The van der Waals surface area contributed by atoms with Crippen molar-refractivity contribution in [2.24, 2.45) is 0 Å². The molecule has 0 fully saturated rings. The van der Waals surface area contributed by atoms with E-state index < -0.39 is 17.8 Å². The first-order chi connectivity index (χ1) is 11.9. The van der Waals surface area contributed by atoms with Crippen molar-refractivity contribution >= 4 is 57.5 Å². The standard InChI is InChI=1S/C15H13Cl2N3O4S/c1-2-24-13(22)12(21)11-7-25-15(19-11)20-14(23)18-6-8-3-4-9(16)10(17)5-8/h3-5,7H,2,6H2,1H3,(H2,18,19,20,23). The molecule has 0 saturated heterocycles. The van der Waals surface area contributed by atoms with Crippen LogP contribution in [-0.2, 0) is 16.1 Å². The maximum Gasteiger partial charge on any atom is 0.381 e. The third kappa shape index (κ3) is 5.42. The highest BCUT2D eigenvalue weighted by atomic mass is 35.5. The van der Waals surface area contributed by atoms with Crippen molar-refractivity contribution in [3.05, 3.63) is 44.9 Å². The zero-order valence-electron chi connectivity index (χ0n) is 13.0. The van der Waals surface area contributed by atoms with Gasteiger partial charge in [-0.3, -0.25) is 10.1 Å². The van der Waals surface area contributed by atoms with Crippen LogP contribution in [0.25, 0.3) is 0 Å². The Labute approximate surface area is 157 Å². The van der Waals surface area contributed by atoms with Crippen LogP contribution in [0.1, 0.15) is 23.0 Å². The molecule has 0 unspecified atom stereocenters. The average Bonchev–Trinajstić information content (AvgIpc) is 3.03. The number of anilines is 1. The Morgan fingerprint density at radius 3 is 2.68 bits per heavy atom. The Morgan fingerprint density at radius 1 is 1.24 bits per heavy atom. The van der Waals surface area contributed by atoms with Crippen LogP contribution in [0.4, 0.5) is 9.93 Å². The van der Waals surface area contributed by atoms with Crippen molar-refractivity contribution in [1.82, 2.24) is 10.3 Å². The fraction of sp³-hybridized carbons (Fsp3) is 0.200. The molecule has 2 aromatic rings. The second-order valence-corrected chi connectivity index (χ2v) is 6.32. The molecule has 1 heterocycles. The minimum absolute atomic E-state index is 0.0803. The van der Waals surface area contributed by atoms with Gasteiger partial charge in [0.25, 0.3) is 5.78 Å². The van der Waals surface area contributed by atoms with Crippen molar-refractivity contribution < 1.29 is 19.1 Å². The van der Waals surface area contributed by atoms with Crippen LogP contribution in [0.2, 0.25) is 10.0 Å². The first-order valence-corrected chi connectivity index (χ1v) is 8.70. The van der Waals surface area contributed by atoms with Crippen LogP contribution in [0.3, 0.4) is 0 Å². The van der Waals surface area contributed by atoms with Crippen molar-refractivity contribution in [2.75, 3.05) is 11.9 Å². The number of carbonyl (C=O) groups excluding carboxylic acids is 3. The first kappa shape index (κ1) is 19.2. The summed E-state index contributed by atoms with van der Waals surface area (Å²) in [5.41, 5.74) is 0.685. The fourth-order valence-corrected chi connectivity index (χ4v) is 2.72. The van der Waals surface area contributed by atoms with E-state index in [1.165, 1.54) is 5.38 Å². The molecule has 10 heteroatoms. The van der Waals surface area contributed by atoms with Gasteiger partial charge in [0, 0.05) is 11.9 Å². The predicted molar refractivity (Wildman–Crippen MR) is 95.4 cm³/mol. The lowest BCUT2D eigenvalue weighted by atomic mass is 10.2. The molecular weight excluding hydrogens is 389 g/mol. The zero-order valence-corrected chi connectivity index (χ0v) is 15.3. The zero-order chi connectivity index (χ0) is 18.4. The van der Waals surface area contributed by atoms with Gasteiger partial charge in [-0.15, -0.1) is 11.3 Å². The van der Waals surface area contributed by atoms with Crippen LogP contribution >= 0.6 is 34.5 Å². The minimum atomic E-state index is -0.983. The van der Waals surface area contributed by atoms with Crippen LogP contribution in [0, 0.1) is 0 Å². The molecule has 0 aliphatic carbocycles. The van der Waals surface area contributed by atoms with Gasteiger partial charge < -0.3 is 10.1 Å². The highest BCUT2D eigenvalue weighted by Gasteiger charge is 2.21. The van der Waals surface area contributed by atoms with Crippen molar-refractivity contribution in [1.29, 1.82) is 0 Å². The van der Waals surface area contributed by atoms with E-state index in [0.29, 0.717) is 10.0 Å². The summed E-state index contributed by atoms with van der Waals surface area (Å²) in [6.45, 7) is 1.91. The van der Waals surface area contributed by atoms with E-state index in [1.54, 1.807) is 25.1 Å². The second-order valence-electron chi connectivity index (χ2n) is 4.64. The summed E-state index contributed by atoms with van der Waals surface area (Å²) < 4.78 is 4.61. The number of amides is 2. The molecule has 7 nitrogen and oxygen atoms in total. The number of aromatic nitrogens is 1. The maximum absolute atomic E-state index is 11.9. The Kier molecular flexibility index (Phi) is 6.74. The van der Waals surface area contributed by atoms with Gasteiger partial charge in [0.05, 0.1) is 16.7 Å². The largest absolute Gasteiger partial charge is 0.460 e. The highest BCUT2D eigenvalue weighted by Crippen LogP contribution is 2.22. The Bertz CT molecular complexity index is 810. The van der Waals surface area contributed by atoms with Crippen molar-refractivity contribution in [3.63, 3.8) is 0 Å². The number of urea groups is 1. The summed E-state index contributed by atoms with van der Waals surface area (Å²) in [6, 6.07) is 4.49. The average molecular weight is 402 g/mol. The number of halogens is 2. The van der Waals surface area contributed by atoms with Gasteiger partial charge in [-0.25, -0.2) is 14.6 Å². The minimum Gasteiger partial charge on any atom is -0.460 e. The molecule has 2 rings (SSSR count). The fourth-order valence-electron chi connectivity index (χ4n) is 1.71. The number of carbonyl (C=O) groups is 3. The molecule has 2 N–H and O–H groups in total. The lowest BCUT2D eigenvalue weighted by Gasteiger charge is -2.06. The topological polar surface area (TPSA) is 97.4 Å². The number of nitrogens with zero attached hydrogens (tertiary/aromatic N) is 1. The number of rotatable bonds is 6. The van der Waals surface area contributed by atoms with Crippen molar-refractivity contribution in [2.45, 2.75) is 13.5 Å². The number of Topliss-reactive ketones (excluding diaryl/α,β-unsaturated/α-hetero) is 1. The van der Waals surface area contributed by atoms with Gasteiger partial charge in [0.2, 0.25) is 0 Å². The number of nitrogens with one attached hydrogen (secondary N) is 2. The van der Waals surface area contributed by atoms with Gasteiger partial charge in [-0.2, -0.15) is 0 Å². The number of ether oxygens (including phenoxy) is 1. The first-order valence-electron chi connectivity index (χ1n) is 7.06. The summed E-state index contributed by atoms with van der Waals surface area (Å²) in [4.78, 5) is 38.8. The summed E-state index contributed by atoms with van der Waals surface area (Å²) in [6.07, 6.45) is 0. The normalized spacial score (nSPS) is 10.2. The van der Waals surface area contributed by atoms with Gasteiger partial charge in [0.15, 0.2) is 5.13 Å². The van der Waals surface area contributed by atoms with E-state index >= 15 is 0 Å². The van der Waals surface area contributed by atoms with Crippen LogP contribution < -0.4 is 10.6 Å². The molecule has 0 saturated carbocycles. The number of ketones is 1. The van der Waals surface area contributed by atoms with Gasteiger partial charge >= 0.3 is 12.0 Å². The highest BCUT2D eigenvalue weighted by molar-refractivity contribution is 7.14. The molecule has 0 spiro atoms. The predicted octanol–water partition coefficient (Wildman–Crippen LogP) is 3.52. The summed E-state index contributed by atoms with van der Waals surface area (Å²) >= 11 is 12.7. The summed E-state index contributed by atoms with van der Waals surface area (Å²) in [5, 5.41) is 7.46. The Hall–Kier alpha value is -2.16. The number of hydrogen-bond acceptors (Lipinski definition) is 6. The Balaban J connectivity index is 1.89. The van der Waals surface area contributed by atoms with E-state index in [0.717, 1.165) is 16.9 Å². The molecule has 0 atom stereocenters. The molecule has 25 heavy (non-hydrogen) atoms. The summed E-state index contributed by atoms with van der Waals surface area (Å²) in [5.74, 6) is -1.84. The lowest BCUT2D eigenvalue weighted by Crippen LogP contribution is -2.28. The third-order valence-electron chi connectivity index (χ3n) is 2.86. The summed E-state index contributed by atoms with van der Waals surface area (Å²) in [7, 11) is 0. The molecule has 0 aliphatic heterocycles. The van der Waals surface area contributed by atoms with Gasteiger partial charge in [0.1, 0.15) is 5.69 Å². The SMILES string of the molecule is CCOC(=O)C(=O)c1csc(NC(=O)NCc2ccc(Cl)c(Cl)c2)n1. The second kappa shape index (κ2) is 8.80. The molecule has 1 aromatic carbocycles. The quantitative estimate of drug-likeness (QED) is 0.438.